The topological polar surface area (TPSA) is 75.1 Å². The molecule has 1 amide bonds. The van der Waals surface area contributed by atoms with Gasteiger partial charge in [0.1, 0.15) is 5.69 Å². The Morgan fingerprint density at radius 3 is 2.65 bits per heavy atom. The molecule has 0 aliphatic heterocycles. The van der Waals surface area contributed by atoms with Gasteiger partial charge in [0, 0.05) is 18.3 Å². The molecule has 1 heterocycles. The second kappa shape index (κ2) is 5.72. The number of rotatable bonds is 5. The zero-order valence-corrected chi connectivity index (χ0v) is 10.5. The summed E-state index contributed by atoms with van der Waals surface area (Å²) in [5.74, 6) is -0.254. The van der Waals surface area contributed by atoms with Crippen molar-refractivity contribution in [2.75, 3.05) is 6.61 Å². The number of hydrogen-bond donors (Lipinski definition) is 2. The summed E-state index contributed by atoms with van der Waals surface area (Å²) in [7, 11) is 0. The van der Waals surface area contributed by atoms with Crippen LogP contribution in [0.15, 0.2) is 12.4 Å². The molecular formula is C12H19N3O2. The molecular weight excluding hydrogens is 218 g/mol. The van der Waals surface area contributed by atoms with E-state index in [1.165, 1.54) is 6.20 Å². The van der Waals surface area contributed by atoms with Gasteiger partial charge in [0.05, 0.1) is 11.9 Å². The molecule has 2 N–H and O–H groups in total. The molecule has 17 heavy (non-hydrogen) atoms. The summed E-state index contributed by atoms with van der Waals surface area (Å²) in [4.78, 5) is 20.0. The van der Waals surface area contributed by atoms with Gasteiger partial charge in [0.2, 0.25) is 0 Å². The quantitative estimate of drug-likeness (QED) is 0.803. The van der Waals surface area contributed by atoms with Gasteiger partial charge in [0.25, 0.3) is 5.91 Å². The maximum atomic E-state index is 11.9. The lowest BCUT2D eigenvalue weighted by molar-refractivity contribution is 0.0880. The highest BCUT2D eigenvalue weighted by Crippen LogP contribution is 2.14. The van der Waals surface area contributed by atoms with Crippen molar-refractivity contribution in [2.24, 2.45) is 0 Å². The van der Waals surface area contributed by atoms with Gasteiger partial charge in [-0.25, -0.2) is 4.98 Å². The van der Waals surface area contributed by atoms with Gasteiger partial charge in [-0.2, -0.15) is 0 Å². The van der Waals surface area contributed by atoms with E-state index in [1.807, 2.05) is 20.8 Å². The monoisotopic (exact) mass is 237 g/mol. The molecule has 0 saturated carbocycles. The average Bonchev–Trinajstić information content (AvgIpc) is 2.30. The molecule has 0 aliphatic rings. The normalized spacial score (nSPS) is 14.1. The molecule has 0 radical (unpaired) electrons. The first-order chi connectivity index (χ1) is 8.00. The van der Waals surface area contributed by atoms with Crippen molar-refractivity contribution in [3.63, 3.8) is 0 Å². The predicted molar refractivity (Wildman–Crippen MR) is 64.6 cm³/mol. The first-order valence-corrected chi connectivity index (χ1v) is 5.73. The summed E-state index contributed by atoms with van der Waals surface area (Å²) in [6.45, 7) is 5.74. The van der Waals surface area contributed by atoms with Crippen molar-refractivity contribution in [3.8, 4) is 0 Å². The number of amides is 1. The third-order valence-electron chi connectivity index (χ3n) is 2.87. The summed E-state index contributed by atoms with van der Waals surface area (Å²) >= 11 is 0. The highest BCUT2D eigenvalue weighted by atomic mass is 16.3. The van der Waals surface area contributed by atoms with Gasteiger partial charge >= 0.3 is 0 Å². The molecule has 1 aromatic heterocycles. The van der Waals surface area contributed by atoms with E-state index in [1.54, 1.807) is 6.20 Å². The molecule has 5 heteroatoms. The van der Waals surface area contributed by atoms with Crippen LogP contribution in [0, 0.1) is 6.92 Å². The minimum atomic E-state index is -0.404. The first-order valence-electron chi connectivity index (χ1n) is 5.73. The molecule has 0 bridgehead atoms. The van der Waals surface area contributed by atoms with Crippen molar-refractivity contribution < 1.29 is 9.90 Å². The Balaban J connectivity index is 2.74. The fourth-order valence-corrected chi connectivity index (χ4v) is 1.42. The molecule has 1 atom stereocenters. The highest BCUT2D eigenvalue weighted by Gasteiger charge is 2.24. The number of aromatic nitrogens is 2. The second-order valence-electron chi connectivity index (χ2n) is 4.38. The number of carbonyl (C=O) groups excluding carboxylic acids is 1. The molecule has 0 spiro atoms. The summed E-state index contributed by atoms with van der Waals surface area (Å²) in [5.41, 5.74) is 0.668. The number of carbonyl (C=O) groups is 1. The summed E-state index contributed by atoms with van der Waals surface area (Å²) in [6.07, 6.45) is 4.29. The summed E-state index contributed by atoms with van der Waals surface area (Å²) in [6, 6.07) is 0. The van der Waals surface area contributed by atoms with Crippen molar-refractivity contribution >= 4 is 5.91 Å². The molecule has 0 aliphatic carbocycles. The fourth-order valence-electron chi connectivity index (χ4n) is 1.42. The van der Waals surface area contributed by atoms with Crippen LogP contribution in [0.3, 0.4) is 0 Å². The van der Waals surface area contributed by atoms with Crippen LogP contribution in [0.5, 0.6) is 0 Å². The number of aliphatic hydroxyl groups is 1. The molecule has 1 rings (SSSR count). The molecule has 0 aromatic carbocycles. The molecule has 1 unspecified atom stereocenters. The lowest BCUT2D eigenvalue weighted by Gasteiger charge is -2.28. The maximum absolute atomic E-state index is 11.9. The summed E-state index contributed by atoms with van der Waals surface area (Å²) in [5, 5.41) is 11.9. The van der Waals surface area contributed by atoms with Gasteiger partial charge in [0.15, 0.2) is 0 Å². The highest BCUT2D eigenvalue weighted by molar-refractivity contribution is 5.92. The van der Waals surface area contributed by atoms with Gasteiger partial charge in [-0.05, 0) is 26.7 Å². The Hall–Kier alpha value is -1.49. The summed E-state index contributed by atoms with van der Waals surface area (Å²) < 4.78 is 0. The number of aliphatic hydroxyl groups excluding tert-OH is 1. The molecule has 1 aromatic rings. The van der Waals surface area contributed by atoms with E-state index in [2.05, 4.69) is 15.3 Å². The van der Waals surface area contributed by atoms with E-state index in [-0.39, 0.29) is 12.5 Å². The number of hydrogen-bond acceptors (Lipinski definition) is 4. The minimum absolute atomic E-state index is 0.0458. The third-order valence-corrected chi connectivity index (χ3v) is 2.87. The molecule has 0 saturated heterocycles. The fraction of sp³-hybridized carbons (Fsp3) is 0.583. The van der Waals surface area contributed by atoms with Crippen LogP contribution < -0.4 is 5.32 Å². The van der Waals surface area contributed by atoms with E-state index in [9.17, 15) is 4.79 Å². The van der Waals surface area contributed by atoms with E-state index < -0.39 is 5.54 Å². The Labute approximate surface area is 101 Å². The zero-order chi connectivity index (χ0) is 12.9. The van der Waals surface area contributed by atoms with Crippen molar-refractivity contribution in [1.29, 1.82) is 0 Å². The Morgan fingerprint density at radius 1 is 1.47 bits per heavy atom. The largest absolute Gasteiger partial charge is 0.396 e. The number of nitrogens with one attached hydrogen (secondary N) is 1. The molecule has 94 valence electrons. The Bertz CT molecular complexity index is 378. The van der Waals surface area contributed by atoms with E-state index in [0.29, 0.717) is 12.1 Å². The van der Waals surface area contributed by atoms with Crippen LogP contribution in [-0.2, 0) is 0 Å². The average molecular weight is 237 g/mol. The van der Waals surface area contributed by atoms with E-state index in [4.69, 9.17) is 5.11 Å². The molecule has 5 nitrogen and oxygen atoms in total. The van der Waals surface area contributed by atoms with Crippen molar-refractivity contribution in [1.82, 2.24) is 15.3 Å². The second-order valence-corrected chi connectivity index (χ2v) is 4.38. The standard InChI is InChI=1S/C12H19N3O2/c1-4-12(3,5-6-16)15-11(17)10-8-13-9(2)7-14-10/h7-8,16H,4-6H2,1-3H3,(H,15,17). The predicted octanol–water partition coefficient (Wildman–Crippen LogP) is 1.07. The number of aryl methyl sites for hydroxylation is 1. The Morgan fingerprint density at radius 2 is 2.18 bits per heavy atom. The molecule has 0 fully saturated rings. The van der Waals surface area contributed by atoms with Crippen molar-refractivity contribution in [2.45, 2.75) is 39.2 Å². The van der Waals surface area contributed by atoms with Crippen molar-refractivity contribution in [3.05, 3.63) is 23.8 Å². The maximum Gasteiger partial charge on any atom is 0.271 e. The number of nitrogens with zero attached hydrogens (tertiary/aromatic N) is 2. The van der Waals surface area contributed by atoms with E-state index >= 15 is 0 Å². The van der Waals surface area contributed by atoms with Crippen LogP contribution in [0.2, 0.25) is 0 Å². The smallest absolute Gasteiger partial charge is 0.271 e. The lowest BCUT2D eigenvalue weighted by Crippen LogP contribution is -2.46. The third kappa shape index (κ3) is 3.78. The van der Waals surface area contributed by atoms with Gasteiger partial charge in [-0.1, -0.05) is 6.92 Å². The van der Waals surface area contributed by atoms with Crippen LogP contribution in [0.25, 0.3) is 0 Å². The minimum Gasteiger partial charge on any atom is -0.396 e. The zero-order valence-electron chi connectivity index (χ0n) is 10.5. The van der Waals surface area contributed by atoms with Gasteiger partial charge in [-0.15, -0.1) is 0 Å². The van der Waals surface area contributed by atoms with Crippen LogP contribution in [-0.4, -0.2) is 33.1 Å². The SMILES string of the molecule is CCC(C)(CCO)NC(=O)c1cnc(C)cn1. The van der Waals surface area contributed by atoms with Crippen LogP contribution in [0.1, 0.15) is 42.9 Å². The van der Waals surface area contributed by atoms with Crippen LogP contribution in [0.4, 0.5) is 0 Å². The Kier molecular flexibility index (Phi) is 4.57. The van der Waals surface area contributed by atoms with Gasteiger partial charge < -0.3 is 10.4 Å². The van der Waals surface area contributed by atoms with E-state index in [0.717, 1.165) is 12.1 Å². The first kappa shape index (κ1) is 13.6. The van der Waals surface area contributed by atoms with Crippen LogP contribution >= 0.6 is 0 Å². The van der Waals surface area contributed by atoms with Gasteiger partial charge in [-0.3, -0.25) is 9.78 Å². The lowest BCUT2D eigenvalue weighted by atomic mass is 9.95.